The molecule has 1 aromatic heterocycles. The molecule has 4 heterocycles. The summed E-state index contributed by atoms with van der Waals surface area (Å²) < 4.78 is 6.26. The van der Waals surface area contributed by atoms with Crippen LogP contribution in [0.25, 0.3) is 10.8 Å². The number of hydrogen-bond donors (Lipinski definition) is 1. The van der Waals surface area contributed by atoms with Crippen LogP contribution in [0.2, 0.25) is 0 Å². The van der Waals surface area contributed by atoms with Gasteiger partial charge >= 0.3 is 6.01 Å². The summed E-state index contributed by atoms with van der Waals surface area (Å²) in [6.07, 6.45) is 4.16. The lowest BCUT2D eigenvalue weighted by Crippen LogP contribution is -2.35. The van der Waals surface area contributed by atoms with Crippen LogP contribution < -0.4 is 14.5 Å². The lowest BCUT2D eigenvalue weighted by Gasteiger charge is -2.33. The number of hydrogen-bond acceptors (Lipinski definition) is 8. The van der Waals surface area contributed by atoms with E-state index in [4.69, 9.17) is 20.1 Å². The maximum Gasteiger partial charge on any atom is 0.318 e. The first-order valence-corrected chi connectivity index (χ1v) is 13.4. The van der Waals surface area contributed by atoms with Crippen LogP contribution in [0.4, 0.5) is 11.5 Å². The van der Waals surface area contributed by atoms with Crippen molar-refractivity contribution in [2.24, 2.45) is 4.99 Å². The molecule has 0 spiro atoms. The van der Waals surface area contributed by atoms with E-state index in [0.717, 1.165) is 63.5 Å². The molecule has 0 amide bonds. The highest BCUT2D eigenvalue weighted by atomic mass is 16.5. The Morgan fingerprint density at radius 3 is 2.76 bits per heavy atom. The molecule has 2 saturated heterocycles. The molecule has 192 valence electrons. The number of aromatic nitrogens is 2. The molecule has 37 heavy (non-hydrogen) atoms. The van der Waals surface area contributed by atoms with E-state index in [1.807, 2.05) is 0 Å². The molecule has 3 aromatic rings. The fourth-order valence-corrected chi connectivity index (χ4v) is 6.18. The molecular formula is C29H35N7O. The minimum absolute atomic E-state index is 0.0957. The Bertz CT molecular complexity index is 1350. The van der Waals surface area contributed by atoms with Crippen molar-refractivity contribution in [3.63, 3.8) is 0 Å². The van der Waals surface area contributed by atoms with E-state index in [1.54, 1.807) is 0 Å². The molecule has 0 unspecified atom stereocenters. The molecule has 0 saturated carbocycles. The van der Waals surface area contributed by atoms with Gasteiger partial charge in [0.15, 0.2) is 0 Å². The van der Waals surface area contributed by atoms with Crippen molar-refractivity contribution in [1.29, 1.82) is 5.41 Å². The van der Waals surface area contributed by atoms with E-state index < -0.39 is 0 Å². The molecule has 8 nitrogen and oxygen atoms in total. The van der Waals surface area contributed by atoms with Crippen molar-refractivity contribution in [1.82, 2.24) is 14.9 Å². The summed E-state index contributed by atoms with van der Waals surface area (Å²) in [6, 6.07) is 16.3. The predicted octanol–water partition coefficient (Wildman–Crippen LogP) is 4.31. The van der Waals surface area contributed by atoms with Crippen molar-refractivity contribution in [2.45, 2.75) is 51.2 Å². The van der Waals surface area contributed by atoms with E-state index in [0.29, 0.717) is 18.7 Å². The normalized spacial score (nSPS) is 21.8. The van der Waals surface area contributed by atoms with Crippen molar-refractivity contribution in [3.05, 3.63) is 53.2 Å². The highest BCUT2D eigenvalue weighted by Crippen LogP contribution is 2.36. The second-order valence-corrected chi connectivity index (χ2v) is 10.6. The van der Waals surface area contributed by atoms with Crippen LogP contribution in [0.15, 0.2) is 41.4 Å². The van der Waals surface area contributed by atoms with Crippen molar-refractivity contribution in [2.75, 3.05) is 49.6 Å². The standard InChI is InChI=1S/C29H35N7O/c1-20-6-3-7-21-8-4-10-26(27(20)21)35-15-12-24-25(17-35)32-29(37-18-23-9-5-13-34(23)2)33-28(24)36-14-11-22(16-36)31-19-30/h3-4,6-8,10,22-23,30H,5,9,11-18H2,1-2H3/t22-,23+/m1/s1. The Hall–Kier alpha value is -3.48. The summed E-state index contributed by atoms with van der Waals surface area (Å²) >= 11 is 0. The number of likely N-dealkylation sites (tertiary alicyclic amines) is 1. The van der Waals surface area contributed by atoms with Crippen LogP contribution in [0.5, 0.6) is 6.01 Å². The Labute approximate surface area is 218 Å². The average molecular weight is 498 g/mol. The largest absolute Gasteiger partial charge is 0.462 e. The Balaban J connectivity index is 1.33. The van der Waals surface area contributed by atoms with E-state index in [1.165, 1.54) is 34.0 Å². The Morgan fingerprint density at radius 2 is 1.95 bits per heavy atom. The predicted molar refractivity (Wildman–Crippen MR) is 147 cm³/mol. The monoisotopic (exact) mass is 497 g/mol. The van der Waals surface area contributed by atoms with Crippen LogP contribution in [-0.2, 0) is 13.0 Å². The SMILES string of the molecule is Cc1cccc2cccc(N3CCc4c(nc(OC[C@@H]5CCCN5C)nc4N4CC[C@@H](N=C=N)C4)C3)c12. The molecule has 6 rings (SSSR count). The minimum Gasteiger partial charge on any atom is -0.462 e. The molecule has 0 bridgehead atoms. The van der Waals surface area contributed by atoms with Crippen LogP contribution in [0.1, 0.15) is 36.1 Å². The number of aliphatic imine (C=N–C) groups is 1. The fraction of sp³-hybridized carbons (Fsp3) is 0.483. The fourth-order valence-electron chi connectivity index (χ4n) is 6.18. The van der Waals surface area contributed by atoms with Crippen LogP contribution >= 0.6 is 0 Å². The van der Waals surface area contributed by atoms with Gasteiger partial charge in [-0.25, -0.2) is 10.4 Å². The quantitative estimate of drug-likeness (QED) is 0.512. The summed E-state index contributed by atoms with van der Waals surface area (Å²) in [7, 11) is 2.17. The third-order valence-electron chi connectivity index (χ3n) is 8.24. The molecule has 2 atom stereocenters. The zero-order chi connectivity index (χ0) is 25.4. The van der Waals surface area contributed by atoms with Gasteiger partial charge in [-0.3, -0.25) is 0 Å². The second-order valence-electron chi connectivity index (χ2n) is 10.6. The second kappa shape index (κ2) is 10.1. The summed E-state index contributed by atoms with van der Waals surface area (Å²) in [5.41, 5.74) is 4.83. The zero-order valence-electron chi connectivity index (χ0n) is 21.8. The summed E-state index contributed by atoms with van der Waals surface area (Å²) in [5, 5.41) is 9.85. The number of anilines is 2. The number of fused-ring (bicyclic) bond motifs is 2. The number of likely N-dealkylation sites (N-methyl/N-ethyl adjacent to an activating group) is 1. The Kier molecular flexibility index (Phi) is 6.53. The first kappa shape index (κ1) is 23.9. The smallest absolute Gasteiger partial charge is 0.318 e. The lowest BCUT2D eigenvalue weighted by atomic mass is 10.00. The van der Waals surface area contributed by atoms with Gasteiger partial charge in [0.1, 0.15) is 12.4 Å². The average Bonchev–Trinajstić information content (AvgIpc) is 3.55. The van der Waals surface area contributed by atoms with Crippen LogP contribution in [-0.4, -0.2) is 72.8 Å². The first-order chi connectivity index (χ1) is 18.1. The molecule has 2 fully saturated rings. The number of ether oxygens (including phenoxy) is 1. The van der Waals surface area contributed by atoms with E-state index in [9.17, 15) is 0 Å². The highest BCUT2D eigenvalue weighted by Gasteiger charge is 2.31. The summed E-state index contributed by atoms with van der Waals surface area (Å²) in [5.74, 6) is 0.983. The third-order valence-corrected chi connectivity index (χ3v) is 8.24. The third kappa shape index (κ3) is 4.67. The first-order valence-electron chi connectivity index (χ1n) is 13.4. The van der Waals surface area contributed by atoms with Crippen LogP contribution in [0.3, 0.4) is 0 Å². The van der Waals surface area contributed by atoms with Crippen molar-refractivity contribution in [3.8, 4) is 6.01 Å². The maximum atomic E-state index is 7.26. The maximum absolute atomic E-state index is 7.26. The number of benzene rings is 2. The van der Waals surface area contributed by atoms with E-state index >= 15 is 0 Å². The van der Waals surface area contributed by atoms with Gasteiger partial charge in [-0.05, 0) is 63.2 Å². The van der Waals surface area contributed by atoms with Crippen LogP contribution in [0, 0.1) is 12.3 Å². The van der Waals surface area contributed by atoms with Crippen molar-refractivity contribution >= 4 is 28.3 Å². The molecule has 2 aromatic carbocycles. The van der Waals surface area contributed by atoms with Gasteiger partial charge in [0.2, 0.25) is 0 Å². The van der Waals surface area contributed by atoms with Gasteiger partial charge in [-0.2, -0.15) is 9.97 Å². The molecule has 8 heteroatoms. The lowest BCUT2D eigenvalue weighted by molar-refractivity contribution is 0.187. The molecule has 3 aliphatic rings. The molecule has 0 aliphatic carbocycles. The highest BCUT2D eigenvalue weighted by molar-refractivity contribution is 5.97. The van der Waals surface area contributed by atoms with Crippen molar-refractivity contribution < 1.29 is 4.74 Å². The number of nitrogens with one attached hydrogen (secondary N) is 1. The van der Waals surface area contributed by atoms with Gasteiger partial charge in [-0.1, -0.05) is 30.3 Å². The molecule has 0 radical (unpaired) electrons. The summed E-state index contributed by atoms with van der Waals surface area (Å²) in [4.78, 5) is 21.3. The zero-order valence-corrected chi connectivity index (χ0v) is 21.8. The molecular weight excluding hydrogens is 462 g/mol. The van der Waals surface area contributed by atoms with Gasteiger partial charge in [0.25, 0.3) is 0 Å². The Morgan fingerprint density at radius 1 is 1.08 bits per heavy atom. The van der Waals surface area contributed by atoms with Gasteiger partial charge in [0.05, 0.1) is 24.3 Å². The van der Waals surface area contributed by atoms with Gasteiger partial charge < -0.3 is 19.4 Å². The topological polar surface area (TPSA) is 80.9 Å². The molecule has 3 aliphatic heterocycles. The summed E-state index contributed by atoms with van der Waals surface area (Å²) in [6.45, 7) is 7.20. The number of aryl methyl sites for hydroxylation is 1. The van der Waals surface area contributed by atoms with E-state index in [-0.39, 0.29) is 6.04 Å². The number of nitrogens with zero attached hydrogens (tertiary/aromatic N) is 6. The molecule has 1 N–H and O–H groups in total. The van der Waals surface area contributed by atoms with E-state index in [2.05, 4.69) is 76.1 Å². The van der Waals surface area contributed by atoms with Gasteiger partial charge in [-0.15, -0.1) is 0 Å². The minimum atomic E-state index is 0.0957. The number of rotatable bonds is 6. The van der Waals surface area contributed by atoms with Gasteiger partial charge in [0, 0.05) is 42.3 Å².